The van der Waals surface area contributed by atoms with Crippen LogP contribution in [-0.4, -0.2) is 25.0 Å². The Morgan fingerprint density at radius 2 is 1.02 bits per heavy atom. The zero-order valence-electron chi connectivity index (χ0n) is 25.6. The monoisotopic (exact) mass is 720 g/mol. The summed E-state index contributed by atoms with van der Waals surface area (Å²) in [5.74, 6) is 0.676. The summed E-state index contributed by atoms with van der Waals surface area (Å²) in [7, 11) is 0. The minimum Gasteiger partial charge on any atom is -0.493 e. The molecule has 0 aliphatic heterocycles. The Morgan fingerprint density at radius 1 is 0.614 bits per heavy atom. The summed E-state index contributed by atoms with van der Waals surface area (Å²) in [4.78, 5) is 26.5. The number of halogens is 2. The first kappa shape index (κ1) is 33.3. The highest BCUT2D eigenvalue weighted by atomic mass is 79.9. The minimum atomic E-state index is -0.228. The van der Waals surface area contributed by atoms with E-state index in [1.807, 2.05) is 74.5 Å². The number of carbonyl (C=O) groups excluding carboxylic acids is 2. The van der Waals surface area contributed by atoms with Gasteiger partial charge in [0.2, 0.25) is 0 Å². The second-order valence-electron chi connectivity index (χ2n) is 10.7. The predicted octanol–water partition coefficient (Wildman–Crippen LogP) is 10.4. The molecular weight excluding hydrogens is 684 g/mol. The fourth-order valence-electron chi connectivity index (χ4n) is 4.61. The van der Waals surface area contributed by atoms with Crippen molar-refractivity contribution in [3.8, 4) is 22.6 Å². The Labute approximate surface area is 276 Å². The van der Waals surface area contributed by atoms with Crippen molar-refractivity contribution in [3.05, 3.63) is 104 Å². The first-order chi connectivity index (χ1) is 21.2. The summed E-state index contributed by atoms with van der Waals surface area (Å²) in [5, 5.41) is 6.09. The molecule has 0 unspecified atom stereocenters. The summed E-state index contributed by atoms with van der Waals surface area (Å²) < 4.78 is 13.4. The van der Waals surface area contributed by atoms with Crippen LogP contribution in [0.5, 0.6) is 11.5 Å². The highest BCUT2D eigenvalue weighted by Crippen LogP contribution is 2.31. The van der Waals surface area contributed by atoms with Crippen molar-refractivity contribution in [1.82, 2.24) is 0 Å². The second-order valence-corrected chi connectivity index (χ2v) is 12.5. The van der Waals surface area contributed by atoms with Gasteiger partial charge in [-0.05, 0) is 110 Å². The summed E-state index contributed by atoms with van der Waals surface area (Å²) in [5.41, 5.74) is 6.29. The Kier molecular flexibility index (Phi) is 12.0. The van der Waals surface area contributed by atoms with E-state index in [4.69, 9.17) is 9.47 Å². The minimum absolute atomic E-state index is 0.228. The van der Waals surface area contributed by atoms with Crippen molar-refractivity contribution in [2.24, 2.45) is 0 Å². The number of ether oxygens (including phenoxy) is 2. The fraction of sp³-hybridized carbons (Fsp3) is 0.278. The molecule has 4 aromatic rings. The average molecular weight is 723 g/mol. The molecule has 0 spiro atoms. The lowest BCUT2D eigenvalue weighted by molar-refractivity contribution is 0.101. The van der Waals surface area contributed by atoms with Crippen molar-refractivity contribution in [3.63, 3.8) is 0 Å². The van der Waals surface area contributed by atoms with Crippen molar-refractivity contribution in [2.75, 3.05) is 23.8 Å². The molecule has 0 fully saturated rings. The standard InChI is InChI=1S/C36H38Br2N2O4/c1-5-7-17-43-33-15-11-27(37)21-29(33)35(41)39-31-13-9-25(19-23(31)3)26-10-14-32(24(4)20-26)40-36(42)30-22-28(38)12-16-34(30)44-18-8-6-2/h9-16,19-22H,5-8,17-18H2,1-4H3,(H,39,41)(H,40,42). The quantitative estimate of drug-likeness (QED) is 0.135. The SMILES string of the molecule is CCCCOc1ccc(Br)cc1C(=O)Nc1ccc(-c2ccc(NC(=O)c3cc(Br)ccc3OCCCC)c(C)c2)cc1C. The van der Waals surface area contributed by atoms with Gasteiger partial charge in [-0.3, -0.25) is 9.59 Å². The second kappa shape index (κ2) is 15.9. The average Bonchev–Trinajstić information content (AvgIpc) is 3.00. The van der Waals surface area contributed by atoms with Gasteiger partial charge in [0.25, 0.3) is 11.8 Å². The lowest BCUT2D eigenvalue weighted by Gasteiger charge is -2.15. The molecule has 4 aromatic carbocycles. The van der Waals surface area contributed by atoms with Crippen molar-refractivity contribution >= 4 is 55.0 Å². The third-order valence-corrected chi connectivity index (χ3v) is 8.15. The lowest BCUT2D eigenvalue weighted by atomic mass is 9.99. The third kappa shape index (κ3) is 8.73. The zero-order valence-corrected chi connectivity index (χ0v) is 28.7. The van der Waals surface area contributed by atoms with Crippen LogP contribution < -0.4 is 20.1 Å². The van der Waals surface area contributed by atoms with Crippen LogP contribution in [0, 0.1) is 13.8 Å². The molecule has 0 saturated heterocycles. The van der Waals surface area contributed by atoms with Gasteiger partial charge in [-0.2, -0.15) is 0 Å². The van der Waals surface area contributed by atoms with E-state index in [0.717, 1.165) is 68.3 Å². The molecule has 230 valence electrons. The molecule has 2 N–H and O–H groups in total. The summed E-state index contributed by atoms with van der Waals surface area (Å²) in [6.07, 6.45) is 3.87. The molecular formula is C36H38Br2N2O4. The molecule has 0 saturated carbocycles. The van der Waals surface area contributed by atoms with Crippen LogP contribution in [0.3, 0.4) is 0 Å². The van der Waals surface area contributed by atoms with Crippen LogP contribution in [0.4, 0.5) is 11.4 Å². The Balaban J connectivity index is 1.48. The van der Waals surface area contributed by atoms with Crippen molar-refractivity contribution in [1.29, 1.82) is 0 Å². The van der Waals surface area contributed by atoms with E-state index < -0.39 is 0 Å². The number of rotatable bonds is 13. The van der Waals surface area contributed by atoms with Gasteiger partial charge >= 0.3 is 0 Å². The van der Waals surface area contributed by atoms with Gasteiger partial charge in [0, 0.05) is 20.3 Å². The molecule has 0 aliphatic rings. The van der Waals surface area contributed by atoms with Gasteiger partial charge in [0.1, 0.15) is 11.5 Å². The van der Waals surface area contributed by atoms with E-state index in [-0.39, 0.29) is 11.8 Å². The Bertz CT molecular complexity index is 1520. The number of anilines is 2. The van der Waals surface area contributed by atoms with E-state index in [0.29, 0.717) is 35.8 Å². The maximum atomic E-state index is 13.2. The lowest BCUT2D eigenvalue weighted by Crippen LogP contribution is -2.15. The van der Waals surface area contributed by atoms with Crippen LogP contribution >= 0.6 is 31.9 Å². The topological polar surface area (TPSA) is 76.7 Å². The number of unbranched alkanes of at least 4 members (excludes halogenated alkanes) is 2. The maximum Gasteiger partial charge on any atom is 0.259 e. The number of carbonyl (C=O) groups is 2. The van der Waals surface area contributed by atoms with E-state index in [1.165, 1.54) is 0 Å². The molecule has 0 radical (unpaired) electrons. The molecule has 2 amide bonds. The normalized spacial score (nSPS) is 10.8. The third-order valence-electron chi connectivity index (χ3n) is 7.17. The summed E-state index contributed by atoms with van der Waals surface area (Å²) >= 11 is 6.94. The van der Waals surface area contributed by atoms with Crippen LogP contribution in [0.2, 0.25) is 0 Å². The fourth-order valence-corrected chi connectivity index (χ4v) is 5.33. The molecule has 8 heteroatoms. The number of aryl methyl sites for hydroxylation is 2. The van der Waals surface area contributed by atoms with Gasteiger partial charge in [0.05, 0.1) is 24.3 Å². The molecule has 0 aromatic heterocycles. The van der Waals surface area contributed by atoms with Gasteiger partial charge in [0.15, 0.2) is 0 Å². The number of hydrogen-bond donors (Lipinski definition) is 2. The number of hydrogen-bond acceptors (Lipinski definition) is 4. The van der Waals surface area contributed by atoms with Gasteiger partial charge in [-0.1, -0.05) is 70.7 Å². The Morgan fingerprint density at radius 3 is 1.39 bits per heavy atom. The maximum absolute atomic E-state index is 13.2. The van der Waals surface area contributed by atoms with Gasteiger partial charge in [-0.25, -0.2) is 0 Å². The van der Waals surface area contributed by atoms with E-state index in [2.05, 4.69) is 56.3 Å². The van der Waals surface area contributed by atoms with Gasteiger partial charge < -0.3 is 20.1 Å². The predicted molar refractivity (Wildman–Crippen MR) is 186 cm³/mol. The smallest absolute Gasteiger partial charge is 0.259 e. The van der Waals surface area contributed by atoms with E-state index in [9.17, 15) is 9.59 Å². The molecule has 4 rings (SSSR count). The molecule has 0 atom stereocenters. The van der Waals surface area contributed by atoms with Crippen LogP contribution in [0.1, 0.15) is 71.4 Å². The summed E-state index contributed by atoms with van der Waals surface area (Å²) in [6, 6.07) is 22.8. The molecule has 6 nitrogen and oxygen atoms in total. The van der Waals surface area contributed by atoms with Crippen LogP contribution in [0.15, 0.2) is 81.7 Å². The van der Waals surface area contributed by atoms with E-state index in [1.54, 1.807) is 12.1 Å². The first-order valence-corrected chi connectivity index (χ1v) is 16.5. The highest BCUT2D eigenvalue weighted by Gasteiger charge is 2.17. The van der Waals surface area contributed by atoms with Crippen LogP contribution in [0.25, 0.3) is 11.1 Å². The number of nitrogens with one attached hydrogen (secondary N) is 2. The number of amides is 2. The van der Waals surface area contributed by atoms with Crippen LogP contribution in [-0.2, 0) is 0 Å². The van der Waals surface area contributed by atoms with Crippen molar-refractivity contribution in [2.45, 2.75) is 53.4 Å². The molecule has 44 heavy (non-hydrogen) atoms. The summed E-state index contributed by atoms with van der Waals surface area (Å²) in [6.45, 7) is 9.27. The highest BCUT2D eigenvalue weighted by molar-refractivity contribution is 9.10. The molecule has 0 heterocycles. The largest absolute Gasteiger partial charge is 0.493 e. The first-order valence-electron chi connectivity index (χ1n) is 14.9. The molecule has 0 bridgehead atoms. The molecule has 0 aliphatic carbocycles. The van der Waals surface area contributed by atoms with E-state index >= 15 is 0 Å². The number of benzene rings is 4. The zero-order chi connectivity index (χ0) is 31.6. The van der Waals surface area contributed by atoms with Gasteiger partial charge in [-0.15, -0.1) is 0 Å². The van der Waals surface area contributed by atoms with Crippen molar-refractivity contribution < 1.29 is 19.1 Å². The Hall–Kier alpha value is -3.62.